The van der Waals surface area contributed by atoms with Crippen molar-refractivity contribution in [1.82, 2.24) is 10.1 Å². The first-order valence-electron chi connectivity index (χ1n) is 6.93. The predicted octanol–water partition coefficient (Wildman–Crippen LogP) is 2.95. The molecule has 1 aliphatic rings. The molecule has 0 aromatic carbocycles. The number of thioether (sulfide) groups is 1. The molecule has 102 valence electrons. The fraction of sp³-hybridized carbons (Fsp3) is 0.846. The van der Waals surface area contributed by atoms with Crippen molar-refractivity contribution in [3.63, 3.8) is 0 Å². The molecule has 0 bridgehead atoms. The van der Waals surface area contributed by atoms with Crippen molar-refractivity contribution in [3.05, 3.63) is 11.7 Å². The molecule has 0 aliphatic heterocycles. The van der Waals surface area contributed by atoms with Crippen molar-refractivity contribution < 1.29 is 4.52 Å². The molecule has 2 N–H and O–H groups in total. The summed E-state index contributed by atoms with van der Waals surface area (Å²) < 4.78 is 5.40. The van der Waals surface area contributed by atoms with Crippen molar-refractivity contribution in [1.29, 1.82) is 0 Å². The number of rotatable bonds is 6. The van der Waals surface area contributed by atoms with Crippen LogP contribution in [0.15, 0.2) is 4.52 Å². The third-order valence-electron chi connectivity index (χ3n) is 3.59. The Morgan fingerprint density at radius 2 is 2.11 bits per heavy atom. The van der Waals surface area contributed by atoms with E-state index in [0.29, 0.717) is 11.8 Å². The Hall–Kier alpha value is -0.550. The van der Waals surface area contributed by atoms with Gasteiger partial charge in [0.25, 0.3) is 0 Å². The molecule has 5 heteroatoms. The van der Waals surface area contributed by atoms with E-state index in [1.807, 2.05) is 11.8 Å². The van der Waals surface area contributed by atoms with Crippen LogP contribution in [0.4, 0.5) is 0 Å². The molecular formula is C13H23N3OS. The Morgan fingerprint density at radius 1 is 1.33 bits per heavy atom. The van der Waals surface area contributed by atoms with Gasteiger partial charge in [0.15, 0.2) is 5.82 Å². The molecule has 0 radical (unpaired) electrons. The van der Waals surface area contributed by atoms with Crippen LogP contribution in [0.5, 0.6) is 0 Å². The molecule has 1 aromatic heterocycles. The normalized spacial score (nSPS) is 24.3. The summed E-state index contributed by atoms with van der Waals surface area (Å²) in [6, 6.07) is 0. The van der Waals surface area contributed by atoms with E-state index in [2.05, 4.69) is 17.1 Å². The third kappa shape index (κ3) is 3.72. The van der Waals surface area contributed by atoms with Gasteiger partial charge in [-0.25, -0.2) is 0 Å². The van der Waals surface area contributed by atoms with Crippen molar-refractivity contribution in [2.24, 2.45) is 11.7 Å². The highest BCUT2D eigenvalue weighted by atomic mass is 32.2. The number of aromatic nitrogens is 2. The van der Waals surface area contributed by atoms with E-state index >= 15 is 0 Å². The second kappa shape index (κ2) is 7.14. The molecule has 1 aliphatic carbocycles. The lowest BCUT2D eigenvalue weighted by Gasteiger charge is -2.24. The number of nitrogens with zero attached hydrogens (tertiary/aromatic N) is 2. The van der Waals surface area contributed by atoms with Gasteiger partial charge in [0.2, 0.25) is 5.89 Å². The molecule has 4 nitrogen and oxygen atoms in total. The molecule has 0 atom stereocenters. The highest BCUT2D eigenvalue weighted by Crippen LogP contribution is 2.34. The zero-order chi connectivity index (χ0) is 12.8. The van der Waals surface area contributed by atoms with Gasteiger partial charge in [0.1, 0.15) is 0 Å². The fourth-order valence-electron chi connectivity index (χ4n) is 2.44. The molecule has 18 heavy (non-hydrogen) atoms. The van der Waals surface area contributed by atoms with E-state index in [-0.39, 0.29) is 0 Å². The zero-order valence-corrected chi connectivity index (χ0v) is 11.9. The average molecular weight is 269 g/mol. The standard InChI is InChI=1S/C13H23N3OS/c1-2-7-18-9-12-15-13(17-16-12)11-5-3-10(8-14)4-6-11/h10-11H,2-9,14H2,1H3. The molecule has 1 fully saturated rings. The molecular weight excluding hydrogens is 246 g/mol. The van der Waals surface area contributed by atoms with E-state index in [9.17, 15) is 0 Å². The summed E-state index contributed by atoms with van der Waals surface area (Å²) in [5.41, 5.74) is 5.71. The van der Waals surface area contributed by atoms with Crippen LogP contribution >= 0.6 is 11.8 Å². The largest absolute Gasteiger partial charge is 0.339 e. The molecule has 0 amide bonds. The Balaban J connectivity index is 1.82. The number of hydrogen-bond donors (Lipinski definition) is 1. The summed E-state index contributed by atoms with van der Waals surface area (Å²) in [5, 5.41) is 4.07. The van der Waals surface area contributed by atoms with Crippen molar-refractivity contribution >= 4 is 11.8 Å². The molecule has 1 heterocycles. The zero-order valence-electron chi connectivity index (χ0n) is 11.1. The van der Waals surface area contributed by atoms with Gasteiger partial charge in [-0.15, -0.1) is 0 Å². The van der Waals surface area contributed by atoms with Crippen LogP contribution < -0.4 is 5.73 Å². The number of hydrogen-bond acceptors (Lipinski definition) is 5. The van der Waals surface area contributed by atoms with Crippen LogP contribution in [0, 0.1) is 5.92 Å². The maximum Gasteiger partial charge on any atom is 0.229 e. The smallest absolute Gasteiger partial charge is 0.229 e. The SMILES string of the molecule is CCCSCc1noc(C2CCC(CN)CC2)n1. The van der Waals surface area contributed by atoms with Crippen LogP contribution in [0.25, 0.3) is 0 Å². The van der Waals surface area contributed by atoms with Crippen LogP contribution in [-0.4, -0.2) is 22.4 Å². The van der Waals surface area contributed by atoms with Crippen LogP contribution in [0.1, 0.15) is 56.7 Å². The van der Waals surface area contributed by atoms with E-state index in [1.54, 1.807) is 0 Å². The summed E-state index contributed by atoms with van der Waals surface area (Å²) in [4.78, 5) is 4.53. The van der Waals surface area contributed by atoms with Crippen LogP contribution in [0.2, 0.25) is 0 Å². The van der Waals surface area contributed by atoms with Crippen LogP contribution in [0.3, 0.4) is 0 Å². The lowest BCUT2D eigenvalue weighted by Crippen LogP contribution is -2.20. The van der Waals surface area contributed by atoms with Gasteiger partial charge in [-0.05, 0) is 50.3 Å². The first-order chi connectivity index (χ1) is 8.83. The summed E-state index contributed by atoms with van der Waals surface area (Å²) in [5.74, 6) is 4.89. The molecule has 1 aromatic rings. The second-order valence-corrected chi connectivity index (χ2v) is 6.16. The van der Waals surface area contributed by atoms with E-state index in [0.717, 1.165) is 42.6 Å². The molecule has 0 saturated heterocycles. The maximum absolute atomic E-state index is 5.71. The van der Waals surface area contributed by atoms with Crippen LogP contribution in [-0.2, 0) is 5.75 Å². The fourth-order valence-corrected chi connectivity index (χ4v) is 3.18. The maximum atomic E-state index is 5.71. The second-order valence-electron chi connectivity index (χ2n) is 5.05. The molecule has 0 unspecified atom stereocenters. The summed E-state index contributed by atoms with van der Waals surface area (Å²) in [6.45, 7) is 3.00. The Labute approximate surface area is 113 Å². The van der Waals surface area contributed by atoms with Crippen molar-refractivity contribution in [3.8, 4) is 0 Å². The van der Waals surface area contributed by atoms with Gasteiger partial charge < -0.3 is 10.3 Å². The molecule has 1 saturated carbocycles. The molecule has 0 spiro atoms. The highest BCUT2D eigenvalue weighted by molar-refractivity contribution is 7.98. The Bertz CT molecular complexity index is 348. The first kappa shape index (κ1) is 13.9. The summed E-state index contributed by atoms with van der Waals surface area (Å²) in [6.07, 6.45) is 5.88. The predicted molar refractivity (Wildman–Crippen MR) is 74.5 cm³/mol. The van der Waals surface area contributed by atoms with E-state index in [4.69, 9.17) is 10.3 Å². The summed E-state index contributed by atoms with van der Waals surface area (Å²) in [7, 11) is 0. The van der Waals surface area contributed by atoms with Gasteiger partial charge in [-0.2, -0.15) is 16.7 Å². The first-order valence-corrected chi connectivity index (χ1v) is 8.09. The summed E-state index contributed by atoms with van der Waals surface area (Å²) >= 11 is 1.87. The van der Waals surface area contributed by atoms with E-state index < -0.39 is 0 Å². The molecule has 2 rings (SSSR count). The topological polar surface area (TPSA) is 64.9 Å². The lowest BCUT2D eigenvalue weighted by molar-refractivity contribution is 0.274. The lowest BCUT2D eigenvalue weighted by atomic mass is 9.82. The third-order valence-corrected chi connectivity index (χ3v) is 4.75. The van der Waals surface area contributed by atoms with Gasteiger partial charge in [0.05, 0.1) is 5.75 Å². The highest BCUT2D eigenvalue weighted by Gasteiger charge is 2.25. The van der Waals surface area contributed by atoms with Gasteiger partial charge in [-0.1, -0.05) is 12.1 Å². The minimum atomic E-state index is 0.463. The van der Waals surface area contributed by atoms with Gasteiger partial charge in [-0.3, -0.25) is 0 Å². The van der Waals surface area contributed by atoms with Gasteiger partial charge in [0, 0.05) is 5.92 Å². The Kier molecular flexibility index (Phi) is 5.50. The van der Waals surface area contributed by atoms with E-state index in [1.165, 1.54) is 19.3 Å². The Morgan fingerprint density at radius 3 is 2.78 bits per heavy atom. The number of nitrogens with two attached hydrogens (primary N) is 1. The van der Waals surface area contributed by atoms with Gasteiger partial charge >= 0.3 is 0 Å². The minimum absolute atomic E-state index is 0.463. The minimum Gasteiger partial charge on any atom is -0.339 e. The van der Waals surface area contributed by atoms with Crippen molar-refractivity contribution in [2.45, 2.75) is 50.7 Å². The quantitative estimate of drug-likeness (QED) is 0.804. The monoisotopic (exact) mass is 269 g/mol. The average Bonchev–Trinajstić information content (AvgIpc) is 2.88. The van der Waals surface area contributed by atoms with Crippen molar-refractivity contribution in [2.75, 3.05) is 12.3 Å².